The van der Waals surface area contributed by atoms with Crippen LogP contribution in [-0.4, -0.2) is 24.4 Å². The van der Waals surface area contributed by atoms with Crippen molar-refractivity contribution in [2.24, 2.45) is 0 Å². The number of aromatic nitrogens is 2. The van der Waals surface area contributed by atoms with Gasteiger partial charge in [-0.15, -0.1) is 10.2 Å². The van der Waals surface area contributed by atoms with Gasteiger partial charge < -0.3 is 4.74 Å². The Kier molecular flexibility index (Phi) is 3.85. The van der Waals surface area contributed by atoms with E-state index in [1.807, 2.05) is 38.2 Å². The summed E-state index contributed by atoms with van der Waals surface area (Å²) in [6, 6.07) is 7.67. The smallest absolute Gasteiger partial charge is 0.185 e. The molecule has 0 saturated carbocycles. The van der Waals surface area contributed by atoms with E-state index < -0.39 is 0 Å². The number of nitrogens with zero attached hydrogens (tertiary/aromatic N) is 4. The second-order valence-electron chi connectivity index (χ2n) is 4.58. The summed E-state index contributed by atoms with van der Waals surface area (Å²) < 4.78 is 5.35. The Morgan fingerprint density at radius 1 is 1.15 bits per heavy atom. The zero-order valence-electron chi connectivity index (χ0n) is 12.0. The fraction of sp³-hybridized carbons (Fsp3) is 0.267. The van der Waals surface area contributed by atoms with E-state index in [-0.39, 0.29) is 0 Å². The van der Waals surface area contributed by atoms with Gasteiger partial charge in [0.1, 0.15) is 5.75 Å². The summed E-state index contributed by atoms with van der Waals surface area (Å²) in [6.07, 6.45) is 1.99. The lowest BCUT2D eigenvalue weighted by atomic mass is 10.0. The molecule has 0 N–H and O–H groups in total. The van der Waals surface area contributed by atoms with E-state index in [0.717, 1.165) is 28.1 Å². The van der Waals surface area contributed by atoms with Crippen LogP contribution in [0, 0.1) is 25.3 Å². The molecule has 0 fully saturated rings. The standard InChI is InChI=1S/C15H16N4O/c1-10-7-12(8-11(2)15(10)20-4)13-5-6-14(18-17-13)19(3)9-16/h5-8H,1-4H3. The summed E-state index contributed by atoms with van der Waals surface area (Å²) in [4.78, 5) is 1.36. The summed E-state index contributed by atoms with van der Waals surface area (Å²) >= 11 is 0. The van der Waals surface area contributed by atoms with Crippen molar-refractivity contribution in [3.8, 4) is 23.2 Å². The largest absolute Gasteiger partial charge is 0.496 e. The summed E-state index contributed by atoms with van der Waals surface area (Å²) in [5.74, 6) is 1.42. The van der Waals surface area contributed by atoms with E-state index in [1.165, 1.54) is 4.90 Å². The highest BCUT2D eigenvalue weighted by Crippen LogP contribution is 2.29. The molecule has 2 aromatic rings. The van der Waals surface area contributed by atoms with Crippen LogP contribution in [0.2, 0.25) is 0 Å². The SMILES string of the molecule is COc1c(C)cc(-c2ccc(N(C)C#N)nn2)cc1C. The first kappa shape index (κ1) is 13.8. The summed E-state index contributed by atoms with van der Waals surface area (Å²) in [5, 5.41) is 17.0. The maximum Gasteiger partial charge on any atom is 0.185 e. The van der Waals surface area contributed by atoms with Crippen LogP contribution in [0.3, 0.4) is 0 Å². The van der Waals surface area contributed by atoms with Gasteiger partial charge in [-0.25, -0.2) is 0 Å². The molecule has 0 saturated heterocycles. The molecule has 5 heteroatoms. The minimum absolute atomic E-state index is 0.526. The number of ether oxygens (including phenoxy) is 1. The van der Waals surface area contributed by atoms with Gasteiger partial charge in [0.15, 0.2) is 12.0 Å². The first-order chi connectivity index (χ1) is 9.56. The average Bonchev–Trinajstić information content (AvgIpc) is 2.46. The number of hydrogen-bond donors (Lipinski definition) is 0. The number of rotatable bonds is 3. The Labute approximate surface area is 118 Å². The van der Waals surface area contributed by atoms with Gasteiger partial charge in [-0.2, -0.15) is 5.26 Å². The van der Waals surface area contributed by atoms with Crippen molar-refractivity contribution in [3.05, 3.63) is 35.4 Å². The van der Waals surface area contributed by atoms with Crippen LogP contribution in [0.5, 0.6) is 5.75 Å². The van der Waals surface area contributed by atoms with Crippen LogP contribution in [0.15, 0.2) is 24.3 Å². The van der Waals surface area contributed by atoms with Gasteiger partial charge >= 0.3 is 0 Å². The molecular formula is C15H16N4O. The Bertz CT molecular complexity index is 636. The lowest BCUT2D eigenvalue weighted by Crippen LogP contribution is -2.10. The third-order valence-corrected chi connectivity index (χ3v) is 3.10. The molecule has 102 valence electrons. The maximum atomic E-state index is 8.80. The minimum atomic E-state index is 0.526. The summed E-state index contributed by atoms with van der Waals surface area (Å²) in [7, 11) is 3.31. The fourth-order valence-electron chi connectivity index (χ4n) is 2.13. The summed E-state index contributed by atoms with van der Waals surface area (Å²) in [6.45, 7) is 4.00. The minimum Gasteiger partial charge on any atom is -0.496 e. The molecule has 0 amide bonds. The number of nitriles is 1. The third kappa shape index (κ3) is 2.54. The quantitative estimate of drug-likeness (QED) is 0.632. The van der Waals surface area contributed by atoms with Crippen LogP contribution in [0.4, 0.5) is 5.82 Å². The molecule has 5 nitrogen and oxygen atoms in total. The predicted molar refractivity (Wildman–Crippen MR) is 77.5 cm³/mol. The van der Waals surface area contributed by atoms with Crippen LogP contribution >= 0.6 is 0 Å². The Balaban J connectivity index is 2.40. The molecule has 1 heterocycles. The van der Waals surface area contributed by atoms with Gasteiger partial charge in [-0.05, 0) is 49.2 Å². The highest BCUT2D eigenvalue weighted by molar-refractivity contribution is 5.64. The van der Waals surface area contributed by atoms with Gasteiger partial charge in [0.25, 0.3) is 0 Å². The molecule has 1 aromatic heterocycles. The first-order valence-corrected chi connectivity index (χ1v) is 6.19. The number of methoxy groups -OCH3 is 1. The number of aryl methyl sites for hydroxylation is 2. The number of benzene rings is 1. The predicted octanol–water partition coefficient (Wildman–Crippen LogP) is 2.69. The van der Waals surface area contributed by atoms with Crippen molar-refractivity contribution < 1.29 is 4.74 Å². The lowest BCUT2D eigenvalue weighted by Gasteiger charge is -2.11. The topological polar surface area (TPSA) is 62.0 Å². The first-order valence-electron chi connectivity index (χ1n) is 6.19. The molecule has 0 spiro atoms. The van der Waals surface area contributed by atoms with E-state index in [2.05, 4.69) is 10.2 Å². The van der Waals surface area contributed by atoms with Gasteiger partial charge in [-0.3, -0.25) is 4.90 Å². The highest BCUT2D eigenvalue weighted by Gasteiger charge is 2.09. The van der Waals surface area contributed by atoms with Crippen LogP contribution in [0.25, 0.3) is 11.3 Å². The molecule has 0 unspecified atom stereocenters. The molecule has 0 bridgehead atoms. The van der Waals surface area contributed by atoms with Crippen LogP contribution in [-0.2, 0) is 0 Å². The molecule has 0 aliphatic rings. The van der Waals surface area contributed by atoms with Crippen LogP contribution in [0.1, 0.15) is 11.1 Å². The van der Waals surface area contributed by atoms with Crippen molar-refractivity contribution >= 4 is 5.82 Å². The van der Waals surface area contributed by atoms with Gasteiger partial charge in [0, 0.05) is 12.6 Å². The third-order valence-electron chi connectivity index (χ3n) is 3.10. The molecule has 1 aromatic carbocycles. The Hall–Kier alpha value is -2.61. The average molecular weight is 268 g/mol. The van der Waals surface area contributed by atoms with Crippen molar-refractivity contribution in [3.63, 3.8) is 0 Å². The van der Waals surface area contributed by atoms with E-state index >= 15 is 0 Å². The highest BCUT2D eigenvalue weighted by atomic mass is 16.5. The van der Waals surface area contributed by atoms with Crippen LogP contribution < -0.4 is 9.64 Å². The molecule has 20 heavy (non-hydrogen) atoms. The molecule has 0 aliphatic carbocycles. The zero-order valence-corrected chi connectivity index (χ0v) is 12.0. The fourth-order valence-corrected chi connectivity index (χ4v) is 2.13. The summed E-state index contributed by atoms with van der Waals surface area (Å²) in [5.41, 5.74) is 3.87. The molecule has 0 radical (unpaired) electrons. The van der Waals surface area contributed by atoms with E-state index in [0.29, 0.717) is 5.82 Å². The lowest BCUT2D eigenvalue weighted by molar-refractivity contribution is 0.408. The maximum absolute atomic E-state index is 8.80. The monoisotopic (exact) mass is 268 g/mol. The number of anilines is 1. The Morgan fingerprint density at radius 3 is 2.25 bits per heavy atom. The molecule has 2 rings (SSSR count). The van der Waals surface area contributed by atoms with Crippen molar-refractivity contribution in [1.29, 1.82) is 5.26 Å². The van der Waals surface area contributed by atoms with Crippen molar-refractivity contribution in [2.45, 2.75) is 13.8 Å². The van der Waals surface area contributed by atoms with Gasteiger partial charge in [0.05, 0.1) is 12.8 Å². The van der Waals surface area contributed by atoms with Gasteiger partial charge in [0.2, 0.25) is 0 Å². The zero-order chi connectivity index (χ0) is 14.7. The van der Waals surface area contributed by atoms with Crippen molar-refractivity contribution in [1.82, 2.24) is 10.2 Å². The van der Waals surface area contributed by atoms with E-state index in [1.54, 1.807) is 20.2 Å². The Morgan fingerprint density at radius 2 is 1.80 bits per heavy atom. The molecule has 0 atom stereocenters. The second kappa shape index (κ2) is 5.57. The second-order valence-corrected chi connectivity index (χ2v) is 4.58. The van der Waals surface area contributed by atoms with E-state index in [9.17, 15) is 0 Å². The van der Waals surface area contributed by atoms with Crippen molar-refractivity contribution in [2.75, 3.05) is 19.1 Å². The van der Waals surface area contributed by atoms with E-state index in [4.69, 9.17) is 10.00 Å². The van der Waals surface area contributed by atoms with Gasteiger partial charge in [-0.1, -0.05) is 0 Å². The molecule has 0 aliphatic heterocycles. The normalized spacial score (nSPS) is 9.95. The molecular weight excluding hydrogens is 252 g/mol. The number of hydrogen-bond acceptors (Lipinski definition) is 5.